The molecule has 0 bridgehead atoms. The van der Waals surface area contributed by atoms with Crippen LogP contribution in [0.5, 0.6) is 0 Å². The van der Waals surface area contributed by atoms with Gasteiger partial charge in [0.25, 0.3) is 23.3 Å². The third kappa shape index (κ3) is 6.64. The number of ether oxygens (including phenoxy) is 1. The molecule has 0 spiro atoms. The summed E-state index contributed by atoms with van der Waals surface area (Å²) in [6.07, 6.45) is 3.52. The number of alkyl halides is 2. The smallest absolute Gasteiger partial charge is 0.282 e. The van der Waals surface area contributed by atoms with Crippen molar-refractivity contribution in [2.75, 3.05) is 38.7 Å². The number of aryl methyl sites for hydroxylation is 1. The molecule has 12 heteroatoms. The number of pyridine rings is 2. The number of nitrogens with zero attached hydrogens (tertiary/aromatic N) is 3. The van der Waals surface area contributed by atoms with Crippen molar-refractivity contribution in [2.45, 2.75) is 31.2 Å². The van der Waals surface area contributed by atoms with E-state index in [1.165, 1.54) is 10.6 Å². The van der Waals surface area contributed by atoms with Crippen molar-refractivity contribution in [1.29, 1.82) is 0 Å². The highest BCUT2D eigenvalue weighted by Crippen LogP contribution is 2.42. The Morgan fingerprint density at radius 2 is 1.90 bits per heavy atom. The number of rotatable bonds is 10. The molecule has 1 aliphatic carbocycles. The number of aromatic nitrogens is 2. The van der Waals surface area contributed by atoms with E-state index in [0.717, 1.165) is 29.0 Å². The molecule has 3 aromatic rings. The van der Waals surface area contributed by atoms with Crippen LogP contribution in [-0.4, -0.2) is 65.5 Å². The summed E-state index contributed by atoms with van der Waals surface area (Å²) >= 11 is 6.19. The Morgan fingerprint density at radius 1 is 1.15 bits per heavy atom. The van der Waals surface area contributed by atoms with Crippen molar-refractivity contribution in [3.05, 3.63) is 80.4 Å². The maximum Gasteiger partial charge on any atom is 0.282 e. The Kier molecular flexibility index (Phi) is 8.21. The predicted octanol–water partition coefficient (Wildman–Crippen LogP) is 4.06. The van der Waals surface area contributed by atoms with Crippen LogP contribution < -0.4 is 16.2 Å². The van der Waals surface area contributed by atoms with Crippen LogP contribution in [0.3, 0.4) is 0 Å². The fourth-order valence-corrected chi connectivity index (χ4v) is 4.93. The van der Waals surface area contributed by atoms with Gasteiger partial charge in [-0.3, -0.25) is 14.4 Å². The minimum atomic E-state index is -2.91. The van der Waals surface area contributed by atoms with Gasteiger partial charge in [-0.25, -0.2) is 13.8 Å². The zero-order valence-corrected chi connectivity index (χ0v) is 23.4. The SMILES string of the molecule is COCCNCc1cc(C(=O)Nc2cc(-c3ccc(Cl)cc3C(=O)N3CC(F)(F)C3)cc(C3CC3)n2)c(=O)n(C)c1. The Balaban J connectivity index is 1.45. The van der Waals surface area contributed by atoms with E-state index in [1.807, 2.05) is 6.07 Å². The van der Waals surface area contributed by atoms with Crippen molar-refractivity contribution in [2.24, 2.45) is 7.05 Å². The van der Waals surface area contributed by atoms with Gasteiger partial charge in [-0.2, -0.15) is 0 Å². The number of nitrogens with one attached hydrogen (secondary N) is 2. The number of likely N-dealkylation sites (tertiary alicyclic amines) is 1. The van der Waals surface area contributed by atoms with E-state index in [2.05, 4.69) is 15.6 Å². The lowest BCUT2D eigenvalue weighted by molar-refractivity contribution is -0.113. The third-order valence-corrected chi connectivity index (χ3v) is 7.27. The Hall–Kier alpha value is -3.67. The lowest BCUT2D eigenvalue weighted by Gasteiger charge is -2.39. The third-order valence-electron chi connectivity index (χ3n) is 7.03. The minimum absolute atomic E-state index is 0.0419. The second-order valence-corrected chi connectivity index (χ2v) is 10.9. The number of hydrogen-bond donors (Lipinski definition) is 2. The molecule has 2 fully saturated rings. The first kappa shape index (κ1) is 28.8. The van der Waals surface area contributed by atoms with Crippen LogP contribution in [0.1, 0.15) is 50.7 Å². The highest BCUT2D eigenvalue weighted by Gasteiger charge is 2.46. The number of methoxy groups -OCH3 is 1. The number of hydrogen-bond acceptors (Lipinski definition) is 6. The molecule has 1 aliphatic heterocycles. The molecule has 2 aromatic heterocycles. The fourth-order valence-electron chi connectivity index (χ4n) is 4.76. The number of benzene rings is 1. The van der Waals surface area contributed by atoms with Gasteiger partial charge < -0.3 is 24.8 Å². The zero-order chi connectivity index (χ0) is 29.3. The summed E-state index contributed by atoms with van der Waals surface area (Å²) in [6.45, 7) is 0.262. The summed E-state index contributed by atoms with van der Waals surface area (Å²) in [6, 6.07) is 9.71. The lowest BCUT2D eigenvalue weighted by Crippen LogP contribution is -2.58. The lowest BCUT2D eigenvalue weighted by atomic mass is 9.96. The van der Waals surface area contributed by atoms with Crippen molar-refractivity contribution in [3.63, 3.8) is 0 Å². The molecule has 3 heterocycles. The average molecular weight is 586 g/mol. The van der Waals surface area contributed by atoms with Crippen LogP contribution in [0, 0.1) is 0 Å². The van der Waals surface area contributed by atoms with Gasteiger partial charge >= 0.3 is 0 Å². The standard InChI is InChI=1S/C29H30ClF2N5O4/c1-36-14-17(13-33-7-8-41-2)9-23(27(36)39)26(38)35-25-11-19(10-24(34-25)18-3-4-18)21-6-5-20(30)12-22(21)28(40)37-15-29(31,32)16-37/h5-6,9-12,14,18,33H,3-4,7-8,13,15-16H2,1-2H3,(H,34,35,38). The molecule has 0 radical (unpaired) electrons. The monoisotopic (exact) mass is 585 g/mol. The molecule has 216 valence electrons. The van der Waals surface area contributed by atoms with Crippen LogP contribution in [-0.2, 0) is 18.3 Å². The van der Waals surface area contributed by atoms with E-state index >= 15 is 0 Å². The molecule has 2 N–H and O–H groups in total. The molecule has 41 heavy (non-hydrogen) atoms. The highest BCUT2D eigenvalue weighted by atomic mass is 35.5. The molecule has 2 aliphatic rings. The van der Waals surface area contributed by atoms with Crippen molar-refractivity contribution in [3.8, 4) is 11.1 Å². The maximum atomic E-state index is 13.5. The maximum absolute atomic E-state index is 13.5. The fraction of sp³-hybridized carbons (Fsp3) is 0.379. The summed E-state index contributed by atoms with van der Waals surface area (Å²) in [5, 5.41) is 6.24. The van der Waals surface area contributed by atoms with Crippen LogP contribution >= 0.6 is 11.6 Å². The van der Waals surface area contributed by atoms with Gasteiger partial charge in [0.15, 0.2) is 0 Å². The van der Waals surface area contributed by atoms with E-state index < -0.39 is 36.4 Å². The average Bonchev–Trinajstić information content (AvgIpc) is 3.76. The first-order valence-electron chi connectivity index (χ1n) is 13.2. The quantitative estimate of drug-likeness (QED) is 0.348. The molecule has 0 unspecified atom stereocenters. The number of anilines is 1. The largest absolute Gasteiger partial charge is 0.383 e. The summed E-state index contributed by atoms with van der Waals surface area (Å²) in [4.78, 5) is 45.0. The number of carbonyl (C=O) groups is 2. The molecular weight excluding hydrogens is 556 g/mol. The van der Waals surface area contributed by atoms with E-state index in [1.54, 1.807) is 44.6 Å². The van der Waals surface area contributed by atoms with Gasteiger partial charge in [0.2, 0.25) is 0 Å². The molecule has 0 atom stereocenters. The number of amides is 2. The second-order valence-electron chi connectivity index (χ2n) is 10.4. The summed E-state index contributed by atoms with van der Waals surface area (Å²) < 4.78 is 33.4. The van der Waals surface area contributed by atoms with E-state index in [4.69, 9.17) is 16.3 Å². The minimum Gasteiger partial charge on any atom is -0.383 e. The van der Waals surface area contributed by atoms with Crippen LogP contribution in [0.25, 0.3) is 11.1 Å². The van der Waals surface area contributed by atoms with E-state index in [-0.39, 0.29) is 22.9 Å². The van der Waals surface area contributed by atoms with Crippen molar-refractivity contribution < 1.29 is 23.1 Å². The summed E-state index contributed by atoms with van der Waals surface area (Å²) in [7, 11) is 3.18. The number of halogens is 3. The van der Waals surface area contributed by atoms with Gasteiger partial charge in [0.05, 0.1) is 19.7 Å². The van der Waals surface area contributed by atoms with Crippen LogP contribution in [0.4, 0.5) is 14.6 Å². The molecule has 1 saturated carbocycles. The van der Waals surface area contributed by atoms with Crippen LogP contribution in [0.2, 0.25) is 5.02 Å². The first-order valence-corrected chi connectivity index (χ1v) is 13.6. The van der Waals surface area contributed by atoms with Crippen molar-refractivity contribution in [1.82, 2.24) is 19.8 Å². The van der Waals surface area contributed by atoms with Gasteiger partial charge in [-0.05, 0) is 59.9 Å². The summed E-state index contributed by atoms with van der Waals surface area (Å²) in [5.74, 6) is -3.67. The van der Waals surface area contributed by atoms with Crippen LogP contribution in [0.15, 0.2) is 47.4 Å². The van der Waals surface area contributed by atoms with E-state index in [0.29, 0.717) is 35.8 Å². The normalized spacial score (nSPS) is 15.9. The Labute approximate surface area is 240 Å². The molecule has 5 rings (SSSR count). The summed E-state index contributed by atoms with van der Waals surface area (Å²) in [5.41, 5.74) is 2.21. The van der Waals surface area contributed by atoms with E-state index in [9.17, 15) is 23.2 Å². The zero-order valence-electron chi connectivity index (χ0n) is 22.7. The van der Waals surface area contributed by atoms with Gasteiger partial charge in [0, 0.05) is 55.6 Å². The highest BCUT2D eigenvalue weighted by molar-refractivity contribution is 6.31. The molecule has 1 saturated heterocycles. The topological polar surface area (TPSA) is 106 Å². The van der Waals surface area contributed by atoms with Gasteiger partial charge in [-0.15, -0.1) is 0 Å². The molecule has 1 aromatic carbocycles. The predicted molar refractivity (Wildman–Crippen MR) is 151 cm³/mol. The Morgan fingerprint density at radius 3 is 2.59 bits per heavy atom. The number of carbonyl (C=O) groups excluding carboxylic acids is 2. The van der Waals surface area contributed by atoms with Gasteiger partial charge in [0.1, 0.15) is 11.4 Å². The molecular formula is C29H30ClF2N5O4. The van der Waals surface area contributed by atoms with Crippen molar-refractivity contribution >= 4 is 29.2 Å². The Bertz CT molecular complexity index is 1550. The van der Waals surface area contributed by atoms with Gasteiger partial charge in [-0.1, -0.05) is 17.7 Å². The first-order chi connectivity index (χ1) is 19.5. The molecule has 9 nitrogen and oxygen atoms in total. The molecule has 2 amide bonds. The second kappa shape index (κ2) is 11.7.